The summed E-state index contributed by atoms with van der Waals surface area (Å²) in [5.41, 5.74) is 2.41. The van der Waals surface area contributed by atoms with Crippen LogP contribution >= 0.6 is 11.6 Å². The van der Waals surface area contributed by atoms with Gasteiger partial charge in [0, 0.05) is 11.8 Å². The molecule has 0 spiro atoms. The Labute approximate surface area is 91.0 Å². The van der Waals surface area contributed by atoms with Crippen LogP contribution in [0.5, 0.6) is 5.75 Å². The lowest BCUT2D eigenvalue weighted by molar-refractivity contribution is 0.112. The second kappa shape index (κ2) is 3.00. The number of hydrogen-bond donors (Lipinski definition) is 1. The molecule has 0 radical (unpaired) electrons. The molecule has 0 amide bonds. The van der Waals surface area contributed by atoms with E-state index in [-0.39, 0.29) is 0 Å². The molecule has 4 heteroatoms. The number of fused-ring (bicyclic) bond motifs is 3. The molecule has 2 heterocycles. The van der Waals surface area contributed by atoms with Crippen LogP contribution in [0.3, 0.4) is 0 Å². The number of aromatic amines is 1. The van der Waals surface area contributed by atoms with Crippen molar-refractivity contribution in [1.82, 2.24) is 4.98 Å². The molecule has 1 aliphatic heterocycles. The second-order valence-electron chi connectivity index (χ2n) is 3.55. The fourth-order valence-corrected chi connectivity index (χ4v) is 2.22. The van der Waals surface area contributed by atoms with Gasteiger partial charge in [0.15, 0.2) is 6.29 Å². The van der Waals surface area contributed by atoms with Crippen LogP contribution in [0.1, 0.15) is 16.1 Å². The van der Waals surface area contributed by atoms with E-state index in [0.717, 1.165) is 34.9 Å². The summed E-state index contributed by atoms with van der Waals surface area (Å²) in [6.45, 7) is 0.696. The Morgan fingerprint density at radius 2 is 2.33 bits per heavy atom. The van der Waals surface area contributed by atoms with Crippen molar-refractivity contribution in [3.05, 3.63) is 28.4 Å². The van der Waals surface area contributed by atoms with Crippen LogP contribution in [-0.4, -0.2) is 17.9 Å². The van der Waals surface area contributed by atoms with E-state index < -0.39 is 0 Å². The van der Waals surface area contributed by atoms with Crippen LogP contribution in [-0.2, 0) is 6.42 Å². The van der Waals surface area contributed by atoms with Gasteiger partial charge in [-0.3, -0.25) is 4.79 Å². The first-order valence-corrected chi connectivity index (χ1v) is 5.10. The molecule has 0 bridgehead atoms. The van der Waals surface area contributed by atoms with Crippen molar-refractivity contribution < 1.29 is 9.53 Å². The highest BCUT2D eigenvalue weighted by molar-refractivity contribution is 6.38. The molecular weight excluding hydrogens is 214 g/mol. The standard InChI is InChI=1S/C11H8ClNO2/c12-9-7-2-1-6-3-4-15-11(6)10(7)13-8(9)5-14/h1-2,5,13H,3-4H2. The average molecular weight is 222 g/mol. The van der Waals surface area contributed by atoms with Gasteiger partial charge in [0.05, 0.1) is 22.8 Å². The number of ether oxygens (including phenoxy) is 1. The van der Waals surface area contributed by atoms with Gasteiger partial charge in [-0.15, -0.1) is 0 Å². The van der Waals surface area contributed by atoms with Crippen molar-refractivity contribution in [1.29, 1.82) is 0 Å². The number of carbonyl (C=O) groups excluding carboxylic acids is 1. The highest BCUT2D eigenvalue weighted by Crippen LogP contribution is 2.37. The van der Waals surface area contributed by atoms with Crippen molar-refractivity contribution in [2.45, 2.75) is 6.42 Å². The molecule has 0 aliphatic carbocycles. The average Bonchev–Trinajstić information content (AvgIpc) is 2.82. The van der Waals surface area contributed by atoms with Gasteiger partial charge >= 0.3 is 0 Å². The minimum atomic E-state index is 0.413. The summed E-state index contributed by atoms with van der Waals surface area (Å²) in [6.07, 6.45) is 1.64. The van der Waals surface area contributed by atoms with Gasteiger partial charge in [-0.2, -0.15) is 0 Å². The maximum Gasteiger partial charge on any atom is 0.167 e. The number of hydrogen-bond acceptors (Lipinski definition) is 2. The summed E-state index contributed by atoms with van der Waals surface area (Å²) < 4.78 is 5.52. The maximum absolute atomic E-state index is 10.7. The number of rotatable bonds is 1. The lowest BCUT2D eigenvalue weighted by atomic mass is 10.1. The van der Waals surface area contributed by atoms with E-state index in [4.69, 9.17) is 16.3 Å². The van der Waals surface area contributed by atoms with Crippen molar-refractivity contribution >= 4 is 28.8 Å². The number of carbonyl (C=O) groups is 1. The first kappa shape index (κ1) is 8.80. The molecule has 0 fully saturated rings. The van der Waals surface area contributed by atoms with Gasteiger partial charge in [0.1, 0.15) is 5.75 Å². The van der Waals surface area contributed by atoms with E-state index in [1.165, 1.54) is 0 Å². The lowest BCUT2D eigenvalue weighted by Gasteiger charge is -1.99. The number of aromatic nitrogens is 1. The largest absolute Gasteiger partial charge is 0.491 e. The summed E-state index contributed by atoms with van der Waals surface area (Å²) in [5.74, 6) is 0.836. The van der Waals surface area contributed by atoms with E-state index in [9.17, 15) is 4.79 Å². The molecule has 1 aromatic carbocycles. The van der Waals surface area contributed by atoms with Crippen molar-refractivity contribution in [2.24, 2.45) is 0 Å². The highest BCUT2D eigenvalue weighted by atomic mass is 35.5. The van der Waals surface area contributed by atoms with Crippen LogP contribution in [0.15, 0.2) is 12.1 Å². The number of H-pyrrole nitrogens is 1. The first-order valence-electron chi connectivity index (χ1n) is 4.72. The molecule has 1 N–H and O–H groups in total. The van der Waals surface area contributed by atoms with Crippen LogP contribution in [0.25, 0.3) is 10.9 Å². The smallest absolute Gasteiger partial charge is 0.167 e. The van der Waals surface area contributed by atoms with Crippen molar-refractivity contribution in [2.75, 3.05) is 6.61 Å². The Balaban J connectivity index is 2.41. The number of aldehydes is 1. The molecule has 0 atom stereocenters. The Bertz CT molecular complexity index is 559. The molecule has 3 rings (SSSR count). The van der Waals surface area contributed by atoms with Crippen molar-refractivity contribution in [3.8, 4) is 5.75 Å². The fourth-order valence-electron chi connectivity index (χ4n) is 1.97. The van der Waals surface area contributed by atoms with Crippen LogP contribution in [0.4, 0.5) is 0 Å². The molecule has 3 nitrogen and oxygen atoms in total. The Morgan fingerprint density at radius 1 is 1.47 bits per heavy atom. The molecule has 1 aromatic heterocycles. The predicted octanol–water partition coefficient (Wildman–Crippen LogP) is 2.57. The quantitative estimate of drug-likeness (QED) is 0.752. The molecule has 15 heavy (non-hydrogen) atoms. The third-order valence-corrected chi connectivity index (χ3v) is 3.11. The van der Waals surface area contributed by atoms with E-state index >= 15 is 0 Å². The lowest BCUT2D eigenvalue weighted by Crippen LogP contribution is -1.87. The van der Waals surface area contributed by atoms with E-state index in [1.54, 1.807) is 0 Å². The molecule has 76 valence electrons. The van der Waals surface area contributed by atoms with Gasteiger partial charge < -0.3 is 9.72 Å². The van der Waals surface area contributed by atoms with E-state index in [1.807, 2.05) is 12.1 Å². The third kappa shape index (κ3) is 1.10. The zero-order valence-corrected chi connectivity index (χ0v) is 8.60. The number of benzene rings is 1. The second-order valence-corrected chi connectivity index (χ2v) is 3.92. The molecule has 2 aromatic rings. The SMILES string of the molecule is O=Cc1[nH]c2c3c(ccc2c1Cl)CCO3. The Hall–Kier alpha value is -1.48. The minimum Gasteiger partial charge on any atom is -0.491 e. The van der Waals surface area contributed by atoms with Crippen molar-refractivity contribution in [3.63, 3.8) is 0 Å². The number of halogens is 1. The fraction of sp³-hybridized carbons (Fsp3) is 0.182. The topological polar surface area (TPSA) is 42.1 Å². The summed E-state index contributed by atoms with van der Waals surface area (Å²) in [4.78, 5) is 13.7. The molecule has 0 saturated heterocycles. The molecule has 0 unspecified atom stereocenters. The normalized spacial score (nSPS) is 13.9. The molecule has 1 aliphatic rings. The highest BCUT2D eigenvalue weighted by Gasteiger charge is 2.19. The van der Waals surface area contributed by atoms with Gasteiger partial charge in [0.2, 0.25) is 0 Å². The minimum absolute atomic E-state index is 0.413. The zero-order chi connectivity index (χ0) is 10.4. The Morgan fingerprint density at radius 3 is 3.13 bits per heavy atom. The third-order valence-electron chi connectivity index (χ3n) is 2.71. The van der Waals surface area contributed by atoms with Gasteiger partial charge in [-0.05, 0) is 5.56 Å². The van der Waals surface area contributed by atoms with Crippen LogP contribution < -0.4 is 4.74 Å². The summed E-state index contributed by atoms with van der Waals surface area (Å²) >= 11 is 6.04. The first-order chi connectivity index (χ1) is 7.31. The maximum atomic E-state index is 10.7. The van der Waals surface area contributed by atoms with Gasteiger partial charge in [0.25, 0.3) is 0 Å². The van der Waals surface area contributed by atoms with E-state index in [0.29, 0.717) is 17.3 Å². The monoisotopic (exact) mass is 221 g/mol. The summed E-state index contributed by atoms with van der Waals surface area (Å²) in [6, 6.07) is 3.92. The van der Waals surface area contributed by atoms with E-state index in [2.05, 4.69) is 4.98 Å². The zero-order valence-electron chi connectivity index (χ0n) is 7.84. The molecule has 0 saturated carbocycles. The van der Waals surface area contributed by atoms with Crippen LogP contribution in [0.2, 0.25) is 5.02 Å². The van der Waals surface area contributed by atoms with Gasteiger partial charge in [-0.1, -0.05) is 23.7 Å². The molecular formula is C11H8ClNO2. The summed E-state index contributed by atoms with van der Waals surface area (Å²) in [7, 11) is 0. The predicted molar refractivity (Wildman–Crippen MR) is 57.9 cm³/mol. The van der Waals surface area contributed by atoms with Crippen LogP contribution in [0, 0.1) is 0 Å². The number of nitrogens with one attached hydrogen (secondary N) is 1. The Kier molecular flexibility index (Phi) is 1.76. The van der Waals surface area contributed by atoms with Gasteiger partial charge in [-0.25, -0.2) is 0 Å². The summed E-state index contributed by atoms with van der Waals surface area (Å²) in [5, 5.41) is 1.32.